The van der Waals surface area contributed by atoms with Gasteiger partial charge in [-0.25, -0.2) is 9.97 Å². The van der Waals surface area contributed by atoms with Crippen molar-refractivity contribution >= 4 is 16.7 Å². The number of nitrogens with zero attached hydrogens (tertiary/aromatic N) is 4. The first-order chi connectivity index (χ1) is 14.2. The van der Waals surface area contributed by atoms with Crippen LogP contribution in [0.15, 0.2) is 42.9 Å². The Morgan fingerprint density at radius 2 is 2.10 bits per heavy atom. The molecule has 8 heteroatoms. The molecule has 0 aliphatic carbocycles. The van der Waals surface area contributed by atoms with Crippen LogP contribution in [-0.2, 0) is 13.0 Å². The molecule has 0 spiro atoms. The molecule has 0 radical (unpaired) electrons. The highest BCUT2D eigenvalue weighted by molar-refractivity contribution is 5.87. The molecule has 0 aromatic carbocycles. The molecule has 29 heavy (non-hydrogen) atoms. The van der Waals surface area contributed by atoms with Gasteiger partial charge in [-0.3, -0.25) is 10.2 Å². The van der Waals surface area contributed by atoms with Crippen LogP contribution in [0.2, 0.25) is 0 Å². The molecule has 0 aliphatic heterocycles. The largest absolute Gasteiger partial charge is 0.478 e. The van der Waals surface area contributed by atoms with Crippen LogP contribution >= 0.6 is 0 Å². The molecule has 1 atom stereocenters. The lowest BCUT2D eigenvalue weighted by molar-refractivity contribution is 0.320. The summed E-state index contributed by atoms with van der Waals surface area (Å²) in [7, 11) is 0. The molecule has 8 nitrogen and oxygen atoms in total. The number of anilines is 1. The van der Waals surface area contributed by atoms with Crippen LogP contribution < -0.4 is 10.1 Å². The van der Waals surface area contributed by atoms with E-state index in [1.807, 2.05) is 19.1 Å². The summed E-state index contributed by atoms with van der Waals surface area (Å²) in [6, 6.07) is 8.09. The number of nitrogens with one attached hydrogen (secondary N) is 3. The molecule has 0 unspecified atom stereocenters. The Hall–Kier alpha value is -3.42. The maximum Gasteiger partial charge on any atom is 0.216 e. The van der Waals surface area contributed by atoms with Gasteiger partial charge >= 0.3 is 0 Å². The average molecular weight is 391 g/mol. The van der Waals surface area contributed by atoms with Gasteiger partial charge < -0.3 is 10.1 Å². The Labute approximate surface area is 169 Å². The van der Waals surface area contributed by atoms with Crippen molar-refractivity contribution in [3.8, 4) is 5.88 Å². The molecule has 0 fully saturated rings. The molecule has 3 N–H and O–H groups in total. The summed E-state index contributed by atoms with van der Waals surface area (Å²) in [5.74, 6) is 1.04. The molecular weight excluding hydrogens is 366 g/mol. The normalized spacial score (nSPS) is 12.2. The first-order valence-corrected chi connectivity index (χ1v) is 9.87. The summed E-state index contributed by atoms with van der Waals surface area (Å²) >= 11 is 0. The lowest BCUT2D eigenvalue weighted by Gasteiger charge is -2.15. The predicted molar refractivity (Wildman–Crippen MR) is 112 cm³/mol. The number of hydrogen-bond acceptors (Lipinski definition) is 6. The summed E-state index contributed by atoms with van der Waals surface area (Å²) in [4.78, 5) is 9.14. The van der Waals surface area contributed by atoms with Gasteiger partial charge in [0.25, 0.3) is 0 Å². The van der Waals surface area contributed by atoms with Crippen LogP contribution in [-0.4, -0.2) is 37.0 Å². The van der Waals surface area contributed by atoms with Gasteiger partial charge in [0.2, 0.25) is 5.88 Å². The van der Waals surface area contributed by atoms with E-state index in [-0.39, 0.29) is 0 Å². The number of ether oxygens (including phenoxy) is 1. The maximum absolute atomic E-state index is 5.69. The third kappa shape index (κ3) is 4.37. The lowest BCUT2D eigenvalue weighted by atomic mass is 9.96. The van der Waals surface area contributed by atoms with Gasteiger partial charge in [-0.2, -0.15) is 10.2 Å². The van der Waals surface area contributed by atoms with Crippen molar-refractivity contribution in [3.63, 3.8) is 0 Å². The fraction of sp³-hybridized carbons (Fsp3) is 0.333. The van der Waals surface area contributed by atoms with Crippen LogP contribution in [0.1, 0.15) is 43.1 Å². The molecule has 0 saturated heterocycles. The van der Waals surface area contributed by atoms with E-state index in [0.29, 0.717) is 19.1 Å². The van der Waals surface area contributed by atoms with Crippen LogP contribution in [0.3, 0.4) is 0 Å². The smallest absolute Gasteiger partial charge is 0.216 e. The minimum Gasteiger partial charge on any atom is -0.478 e. The molecule has 4 heterocycles. The number of rotatable bonds is 9. The Bertz CT molecular complexity index is 1060. The molecule has 150 valence electrons. The summed E-state index contributed by atoms with van der Waals surface area (Å²) in [5.41, 5.74) is 5.94. The first kappa shape index (κ1) is 18.9. The van der Waals surface area contributed by atoms with E-state index in [1.54, 1.807) is 18.6 Å². The molecule has 4 aromatic heterocycles. The van der Waals surface area contributed by atoms with E-state index in [4.69, 9.17) is 9.72 Å². The third-order valence-corrected chi connectivity index (χ3v) is 4.94. The van der Waals surface area contributed by atoms with Crippen molar-refractivity contribution in [2.75, 3.05) is 11.9 Å². The third-order valence-electron chi connectivity index (χ3n) is 4.94. The van der Waals surface area contributed by atoms with E-state index < -0.39 is 0 Å². The average Bonchev–Trinajstić information content (AvgIpc) is 3.42. The number of hydrogen-bond donors (Lipinski definition) is 3. The van der Waals surface area contributed by atoms with Crippen molar-refractivity contribution in [2.24, 2.45) is 0 Å². The van der Waals surface area contributed by atoms with E-state index in [0.717, 1.165) is 52.4 Å². The monoisotopic (exact) mass is 391 g/mol. The highest BCUT2D eigenvalue weighted by atomic mass is 16.5. The summed E-state index contributed by atoms with van der Waals surface area (Å²) < 4.78 is 5.69. The maximum atomic E-state index is 5.69. The SMILES string of the molecule is CCOc1ncccc1[C@@H](C)CCc1cc(NCc2ccn[nH]2)c2[nH]ncc2n1. The highest BCUT2D eigenvalue weighted by Crippen LogP contribution is 2.29. The van der Waals surface area contributed by atoms with Gasteiger partial charge in [0.15, 0.2) is 0 Å². The Morgan fingerprint density at radius 1 is 1.17 bits per heavy atom. The van der Waals surface area contributed by atoms with Crippen molar-refractivity contribution in [1.29, 1.82) is 0 Å². The zero-order valence-electron chi connectivity index (χ0n) is 16.6. The highest BCUT2D eigenvalue weighted by Gasteiger charge is 2.14. The molecule has 4 aromatic rings. The molecule has 0 amide bonds. The van der Waals surface area contributed by atoms with Gasteiger partial charge in [-0.05, 0) is 43.9 Å². The second-order valence-corrected chi connectivity index (χ2v) is 7.00. The molecule has 4 rings (SSSR count). The second-order valence-electron chi connectivity index (χ2n) is 7.00. The number of aromatic amines is 2. The summed E-state index contributed by atoms with van der Waals surface area (Å²) in [6.07, 6.45) is 7.08. The van der Waals surface area contributed by atoms with Crippen LogP contribution in [0.4, 0.5) is 5.69 Å². The molecular formula is C21H25N7O. The minimum atomic E-state index is 0.313. The number of aryl methyl sites for hydroxylation is 1. The number of H-pyrrole nitrogens is 2. The van der Waals surface area contributed by atoms with E-state index in [2.05, 4.69) is 49.8 Å². The number of aromatic nitrogens is 6. The van der Waals surface area contributed by atoms with Crippen molar-refractivity contribution in [1.82, 2.24) is 30.4 Å². The summed E-state index contributed by atoms with van der Waals surface area (Å²) in [5, 5.41) is 17.6. The number of pyridine rings is 2. The van der Waals surface area contributed by atoms with Gasteiger partial charge in [0.05, 0.1) is 30.7 Å². The zero-order chi connectivity index (χ0) is 20.1. The van der Waals surface area contributed by atoms with Gasteiger partial charge in [0.1, 0.15) is 11.0 Å². The lowest BCUT2D eigenvalue weighted by Crippen LogP contribution is -2.05. The van der Waals surface area contributed by atoms with Crippen LogP contribution in [0, 0.1) is 0 Å². The van der Waals surface area contributed by atoms with Gasteiger partial charge in [-0.1, -0.05) is 13.0 Å². The van der Waals surface area contributed by atoms with E-state index >= 15 is 0 Å². The number of fused-ring (bicyclic) bond motifs is 1. The quantitative estimate of drug-likeness (QED) is 0.401. The fourth-order valence-electron chi connectivity index (χ4n) is 3.39. The molecule has 0 bridgehead atoms. The van der Waals surface area contributed by atoms with Crippen LogP contribution in [0.25, 0.3) is 11.0 Å². The topological polar surface area (TPSA) is 104 Å². The predicted octanol–water partition coefficient (Wildman–Crippen LogP) is 3.82. The molecule has 0 saturated carbocycles. The van der Waals surface area contributed by atoms with E-state index in [1.165, 1.54) is 0 Å². The van der Waals surface area contributed by atoms with Crippen molar-refractivity contribution in [2.45, 2.75) is 39.2 Å². The summed E-state index contributed by atoms with van der Waals surface area (Å²) in [6.45, 7) is 5.44. The standard InChI is InChI=1S/C21H25N7O/c1-3-29-21-17(5-4-9-22-21)14(2)6-7-15-11-18(20-19(26-15)13-25-28-20)23-12-16-8-10-24-27-16/h4-5,8-11,13-14H,3,6-7,12H2,1-2H3,(H,23,26)(H,24,27)(H,25,28)/t14-/m0/s1. The molecule has 0 aliphatic rings. The van der Waals surface area contributed by atoms with Crippen molar-refractivity contribution < 1.29 is 4.74 Å². The second kappa shape index (κ2) is 8.72. The van der Waals surface area contributed by atoms with Crippen molar-refractivity contribution in [3.05, 3.63) is 59.8 Å². The Kier molecular flexibility index (Phi) is 5.69. The van der Waals surface area contributed by atoms with Gasteiger partial charge in [0, 0.05) is 23.7 Å². The Morgan fingerprint density at radius 3 is 2.93 bits per heavy atom. The Balaban J connectivity index is 1.49. The fourth-order valence-corrected chi connectivity index (χ4v) is 3.39. The zero-order valence-corrected chi connectivity index (χ0v) is 16.6. The first-order valence-electron chi connectivity index (χ1n) is 9.87. The van der Waals surface area contributed by atoms with Crippen LogP contribution in [0.5, 0.6) is 5.88 Å². The van der Waals surface area contributed by atoms with Gasteiger partial charge in [-0.15, -0.1) is 0 Å². The van der Waals surface area contributed by atoms with E-state index in [9.17, 15) is 0 Å². The minimum absolute atomic E-state index is 0.313.